The summed E-state index contributed by atoms with van der Waals surface area (Å²) in [6.45, 7) is 13.3. The number of fused-ring (bicyclic) bond motifs is 6. The summed E-state index contributed by atoms with van der Waals surface area (Å²) in [5.41, 5.74) is 23.3. The van der Waals surface area contributed by atoms with Gasteiger partial charge in [0.25, 0.3) is 0 Å². The molecule has 3 aliphatic rings. The highest BCUT2D eigenvalue weighted by Gasteiger charge is 2.38. The van der Waals surface area contributed by atoms with Crippen molar-refractivity contribution >= 4 is 84.5 Å². The SMILES string of the molecule is CCCCc1cccc2c1oc1c(N(C3=C4C=Cc5ccc(N(c6ccc(C)c(C)c6)c6cccc7c6oc6c(CCCC)cccc67)c6c5C4C(C=C3)C=C6)c3ccc(C)c(C)c3)cccc12. The molecule has 2 aromatic heterocycles. The van der Waals surface area contributed by atoms with Crippen LogP contribution in [0.15, 0.2) is 166 Å². The zero-order valence-electron chi connectivity index (χ0n) is 40.1. The minimum atomic E-state index is 0.101. The molecule has 2 atom stereocenters. The topological polar surface area (TPSA) is 32.8 Å². The molecular formula is C64H58N2O2. The predicted octanol–water partition coefficient (Wildman–Crippen LogP) is 18.3. The van der Waals surface area contributed by atoms with Crippen molar-refractivity contribution in [2.75, 3.05) is 9.80 Å². The monoisotopic (exact) mass is 886 g/mol. The second-order valence-electron chi connectivity index (χ2n) is 19.5. The number of furan rings is 2. The molecule has 0 spiro atoms. The number of para-hydroxylation sites is 4. The standard InChI is InChI=1S/C64H58N2O2/c1-7-9-15-45-17-11-19-49-51-21-13-23-57(63(51)67-61(45)49)65(47-31-25-39(3)41(5)37-47)55-35-29-43-28-34-54-56(36-30-44-27-33-53(55)59(43)60(44)54)66(48-32-26-40(4)42(6)38-48)58-24-14-22-52-50-20-12-18-46(16-10-8-2)62(50)68-64(52)58/h11-14,17-38,43,59H,7-10,15-16H2,1-6H3. The molecule has 0 fully saturated rings. The molecule has 9 aromatic rings. The first-order valence-electron chi connectivity index (χ1n) is 24.9. The number of nitrogens with zero attached hydrogens (tertiary/aromatic N) is 2. The van der Waals surface area contributed by atoms with Gasteiger partial charge in [-0.05, 0) is 152 Å². The van der Waals surface area contributed by atoms with Crippen LogP contribution in [0.3, 0.4) is 0 Å². The molecule has 3 aliphatic carbocycles. The minimum Gasteiger partial charge on any atom is -0.454 e. The second kappa shape index (κ2) is 16.8. The van der Waals surface area contributed by atoms with Gasteiger partial charge in [0, 0.05) is 56.0 Å². The minimum absolute atomic E-state index is 0.101. The van der Waals surface area contributed by atoms with Crippen molar-refractivity contribution in [1.29, 1.82) is 0 Å². The van der Waals surface area contributed by atoms with E-state index in [0.29, 0.717) is 0 Å². The van der Waals surface area contributed by atoms with E-state index in [1.165, 1.54) is 72.1 Å². The van der Waals surface area contributed by atoms with Crippen LogP contribution in [0.1, 0.15) is 95.5 Å². The van der Waals surface area contributed by atoms with Gasteiger partial charge in [0.1, 0.15) is 11.2 Å². The normalized spacial score (nSPS) is 15.9. The van der Waals surface area contributed by atoms with Gasteiger partial charge in [-0.2, -0.15) is 0 Å². The molecular weight excluding hydrogens is 829 g/mol. The number of anilines is 5. The zero-order chi connectivity index (χ0) is 46.2. The summed E-state index contributed by atoms with van der Waals surface area (Å²) < 4.78 is 14.2. The van der Waals surface area contributed by atoms with Crippen LogP contribution in [0.5, 0.6) is 0 Å². The van der Waals surface area contributed by atoms with Crippen LogP contribution in [0.25, 0.3) is 56.0 Å². The molecule has 2 unspecified atom stereocenters. The van der Waals surface area contributed by atoms with Crippen LogP contribution < -0.4 is 9.80 Å². The molecule has 0 aliphatic heterocycles. The van der Waals surface area contributed by atoms with Gasteiger partial charge in [-0.25, -0.2) is 0 Å². The largest absolute Gasteiger partial charge is 0.454 e. The van der Waals surface area contributed by atoms with Crippen molar-refractivity contribution in [3.63, 3.8) is 0 Å². The smallest absolute Gasteiger partial charge is 0.159 e. The number of rotatable bonds is 12. The van der Waals surface area contributed by atoms with E-state index in [1.807, 2.05) is 0 Å². The summed E-state index contributed by atoms with van der Waals surface area (Å²) in [6, 6.07) is 45.1. The summed E-state index contributed by atoms with van der Waals surface area (Å²) in [5.74, 6) is 0.296. The molecule has 0 saturated heterocycles. The summed E-state index contributed by atoms with van der Waals surface area (Å²) in [6.07, 6.45) is 20.9. The average Bonchev–Trinajstić information content (AvgIpc) is 3.95. The molecule has 12 rings (SSSR count). The van der Waals surface area contributed by atoms with Crippen LogP contribution >= 0.6 is 0 Å². The average molecular weight is 887 g/mol. The van der Waals surface area contributed by atoms with E-state index in [1.54, 1.807) is 0 Å². The van der Waals surface area contributed by atoms with Crippen molar-refractivity contribution in [1.82, 2.24) is 0 Å². The van der Waals surface area contributed by atoms with Crippen LogP contribution in [-0.2, 0) is 12.8 Å². The Labute approximate surface area is 400 Å². The molecule has 336 valence electrons. The van der Waals surface area contributed by atoms with E-state index in [0.717, 1.165) is 100 Å². The van der Waals surface area contributed by atoms with Crippen LogP contribution in [0.2, 0.25) is 0 Å². The maximum Gasteiger partial charge on any atom is 0.159 e. The van der Waals surface area contributed by atoms with Crippen molar-refractivity contribution in [3.05, 3.63) is 207 Å². The summed E-state index contributed by atoms with van der Waals surface area (Å²) in [5, 5.41) is 4.64. The number of allylic oxidation sites excluding steroid dienone is 5. The number of aryl methyl sites for hydroxylation is 6. The Balaban J connectivity index is 1.06. The lowest BCUT2D eigenvalue weighted by molar-refractivity contribution is 0.651. The third-order valence-corrected chi connectivity index (χ3v) is 15.3. The lowest BCUT2D eigenvalue weighted by atomic mass is 9.68. The summed E-state index contributed by atoms with van der Waals surface area (Å²) in [4.78, 5) is 4.93. The Hall–Kier alpha value is -7.30. The Morgan fingerprint density at radius 3 is 1.57 bits per heavy atom. The first-order valence-corrected chi connectivity index (χ1v) is 24.9. The van der Waals surface area contributed by atoms with Crippen molar-refractivity contribution in [3.8, 4) is 0 Å². The first kappa shape index (κ1) is 42.1. The third kappa shape index (κ3) is 6.71. The maximum atomic E-state index is 7.09. The Morgan fingerprint density at radius 2 is 1.00 bits per heavy atom. The Bertz CT molecular complexity index is 3630. The van der Waals surface area contributed by atoms with Gasteiger partial charge in [0.05, 0.1) is 17.1 Å². The van der Waals surface area contributed by atoms with Crippen molar-refractivity contribution in [2.24, 2.45) is 5.92 Å². The van der Waals surface area contributed by atoms with E-state index in [4.69, 9.17) is 8.83 Å². The van der Waals surface area contributed by atoms with Gasteiger partial charge < -0.3 is 18.6 Å². The van der Waals surface area contributed by atoms with Crippen LogP contribution in [-0.4, -0.2) is 0 Å². The van der Waals surface area contributed by atoms with Crippen molar-refractivity contribution in [2.45, 2.75) is 86.0 Å². The molecule has 2 heterocycles. The molecule has 4 heteroatoms. The summed E-state index contributed by atoms with van der Waals surface area (Å²) in [7, 11) is 0. The van der Waals surface area contributed by atoms with E-state index < -0.39 is 0 Å². The van der Waals surface area contributed by atoms with Gasteiger partial charge in [0.15, 0.2) is 11.2 Å². The van der Waals surface area contributed by atoms with Gasteiger partial charge in [-0.15, -0.1) is 0 Å². The molecule has 68 heavy (non-hydrogen) atoms. The highest BCUT2D eigenvalue weighted by atomic mass is 16.3. The maximum absolute atomic E-state index is 7.09. The Kier molecular flexibility index (Phi) is 10.4. The lowest BCUT2D eigenvalue weighted by Gasteiger charge is -2.41. The molecule has 4 nitrogen and oxygen atoms in total. The van der Waals surface area contributed by atoms with Crippen LogP contribution in [0, 0.1) is 33.6 Å². The number of unbranched alkanes of at least 4 members (excludes halogenated alkanes) is 2. The molecule has 0 saturated carbocycles. The molecule has 0 amide bonds. The third-order valence-electron chi connectivity index (χ3n) is 15.3. The number of hydrogen-bond acceptors (Lipinski definition) is 4. The van der Waals surface area contributed by atoms with Crippen LogP contribution in [0.4, 0.5) is 28.4 Å². The molecule has 7 aromatic carbocycles. The number of benzene rings is 7. The van der Waals surface area contributed by atoms with Gasteiger partial charge in [-0.3, -0.25) is 0 Å². The fourth-order valence-corrected chi connectivity index (χ4v) is 11.3. The van der Waals surface area contributed by atoms with Gasteiger partial charge in [-0.1, -0.05) is 136 Å². The highest BCUT2D eigenvalue weighted by molar-refractivity contribution is 6.12. The predicted molar refractivity (Wildman–Crippen MR) is 287 cm³/mol. The van der Waals surface area contributed by atoms with Gasteiger partial charge >= 0.3 is 0 Å². The quantitative estimate of drug-likeness (QED) is 0.122. The van der Waals surface area contributed by atoms with E-state index >= 15 is 0 Å². The van der Waals surface area contributed by atoms with E-state index in [9.17, 15) is 0 Å². The zero-order valence-corrected chi connectivity index (χ0v) is 40.1. The molecule has 0 N–H and O–H groups in total. The van der Waals surface area contributed by atoms with E-state index in [2.05, 4.69) is 209 Å². The molecule has 0 radical (unpaired) electrons. The van der Waals surface area contributed by atoms with E-state index in [-0.39, 0.29) is 11.8 Å². The second-order valence-corrected chi connectivity index (χ2v) is 19.5. The molecule has 0 bridgehead atoms. The van der Waals surface area contributed by atoms with Crippen molar-refractivity contribution < 1.29 is 8.83 Å². The fraction of sp³-hybridized carbons (Fsp3) is 0.219. The lowest BCUT2D eigenvalue weighted by Crippen LogP contribution is -2.28. The number of hydrogen-bond donors (Lipinski definition) is 0. The van der Waals surface area contributed by atoms with Gasteiger partial charge in [0.2, 0.25) is 0 Å². The highest BCUT2D eigenvalue weighted by Crippen LogP contribution is 2.55. The Morgan fingerprint density at radius 1 is 0.471 bits per heavy atom. The first-order chi connectivity index (χ1) is 33.3. The fourth-order valence-electron chi connectivity index (χ4n) is 11.3. The summed E-state index contributed by atoms with van der Waals surface area (Å²) >= 11 is 0.